The maximum absolute atomic E-state index is 12.3. The minimum atomic E-state index is 0.0595. The molecule has 5 heteroatoms. The quantitative estimate of drug-likeness (QED) is 0.853. The molecule has 2 aromatic carbocycles. The van der Waals surface area contributed by atoms with Gasteiger partial charge in [0.15, 0.2) is 6.61 Å². The molecule has 3 rings (SSSR count). The predicted octanol–water partition coefficient (Wildman–Crippen LogP) is 1.00. The highest BCUT2D eigenvalue weighted by Gasteiger charge is 2.24. The lowest BCUT2D eigenvalue weighted by molar-refractivity contribution is -0.917. The number of amides is 1. The minimum absolute atomic E-state index is 0.0595. The lowest BCUT2D eigenvalue weighted by Crippen LogP contribution is -3.13. The summed E-state index contributed by atoms with van der Waals surface area (Å²) in [6, 6.07) is 17.7. The summed E-state index contributed by atoms with van der Waals surface area (Å²) in [4.78, 5) is 15.7. The van der Waals surface area contributed by atoms with Crippen molar-refractivity contribution in [3.63, 3.8) is 0 Å². The number of carbonyl (C=O) groups is 1. The third kappa shape index (κ3) is 4.97. The lowest BCUT2D eigenvalue weighted by atomic mass is 10.2. The number of hydrogen-bond acceptors (Lipinski definition) is 3. The van der Waals surface area contributed by atoms with Gasteiger partial charge in [-0.05, 0) is 24.3 Å². The van der Waals surface area contributed by atoms with E-state index in [0.29, 0.717) is 0 Å². The van der Waals surface area contributed by atoms with Crippen LogP contribution in [0, 0.1) is 0 Å². The van der Waals surface area contributed by atoms with Crippen molar-refractivity contribution in [1.29, 1.82) is 0 Å². The van der Waals surface area contributed by atoms with Gasteiger partial charge in [0.05, 0.1) is 33.3 Å². The van der Waals surface area contributed by atoms with Gasteiger partial charge in [0, 0.05) is 5.56 Å². The van der Waals surface area contributed by atoms with E-state index in [1.807, 2.05) is 47.4 Å². The van der Waals surface area contributed by atoms with Crippen LogP contribution in [0.15, 0.2) is 54.6 Å². The van der Waals surface area contributed by atoms with E-state index in [1.165, 1.54) is 10.5 Å². The molecule has 1 N–H and O–H groups in total. The third-order valence-corrected chi connectivity index (χ3v) is 4.52. The molecule has 0 aliphatic carbocycles. The topological polar surface area (TPSA) is 43.2 Å². The second kappa shape index (κ2) is 8.53. The molecule has 0 atom stereocenters. The number of methoxy groups -OCH3 is 1. The van der Waals surface area contributed by atoms with E-state index >= 15 is 0 Å². The molecular weight excluding hydrogens is 316 g/mol. The Bertz CT molecular complexity index is 682. The molecule has 1 aliphatic rings. The zero-order chi connectivity index (χ0) is 17.5. The van der Waals surface area contributed by atoms with Gasteiger partial charge in [-0.1, -0.05) is 30.3 Å². The molecule has 25 heavy (non-hydrogen) atoms. The summed E-state index contributed by atoms with van der Waals surface area (Å²) >= 11 is 0. The molecule has 0 unspecified atom stereocenters. The first-order valence-corrected chi connectivity index (χ1v) is 8.67. The summed E-state index contributed by atoms with van der Waals surface area (Å²) in [5.74, 6) is 1.69. The van der Waals surface area contributed by atoms with Crippen molar-refractivity contribution in [1.82, 2.24) is 4.90 Å². The van der Waals surface area contributed by atoms with Crippen LogP contribution in [0.3, 0.4) is 0 Å². The number of para-hydroxylation sites is 1. The summed E-state index contributed by atoms with van der Waals surface area (Å²) in [7, 11) is 1.69. The number of nitrogens with zero attached hydrogens (tertiary/aromatic N) is 1. The van der Waals surface area contributed by atoms with Crippen LogP contribution in [0.25, 0.3) is 0 Å². The smallest absolute Gasteiger partial charge is 0.260 e. The van der Waals surface area contributed by atoms with Gasteiger partial charge in [-0.15, -0.1) is 0 Å². The van der Waals surface area contributed by atoms with Crippen LogP contribution in [0.4, 0.5) is 0 Å². The third-order valence-electron chi connectivity index (χ3n) is 4.52. The molecular formula is C20H25N2O3+. The van der Waals surface area contributed by atoms with Gasteiger partial charge >= 0.3 is 0 Å². The Morgan fingerprint density at radius 2 is 1.76 bits per heavy atom. The highest BCUT2D eigenvalue weighted by atomic mass is 16.5. The highest BCUT2D eigenvalue weighted by Crippen LogP contribution is 2.12. The van der Waals surface area contributed by atoms with Gasteiger partial charge in [0.25, 0.3) is 5.91 Å². The van der Waals surface area contributed by atoms with Crippen LogP contribution in [0.5, 0.6) is 11.5 Å². The molecule has 1 saturated heterocycles. The summed E-state index contributed by atoms with van der Waals surface area (Å²) in [5, 5.41) is 0. The van der Waals surface area contributed by atoms with E-state index in [-0.39, 0.29) is 12.5 Å². The maximum Gasteiger partial charge on any atom is 0.260 e. The lowest BCUT2D eigenvalue weighted by Gasteiger charge is -2.32. The number of benzene rings is 2. The SMILES string of the molecule is COc1cccc(C[NH+]2CCN(C(=O)COc3ccccc3)CC2)c1. The van der Waals surface area contributed by atoms with Crippen LogP contribution in [-0.2, 0) is 11.3 Å². The molecule has 0 radical (unpaired) electrons. The van der Waals surface area contributed by atoms with Crippen molar-refractivity contribution in [2.45, 2.75) is 6.54 Å². The fraction of sp³-hybridized carbons (Fsp3) is 0.350. The normalized spacial score (nSPS) is 15.0. The standard InChI is InChI=1S/C20H24N2O3/c1-24-19-9-5-6-17(14-19)15-21-10-12-22(13-11-21)20(23)16-25-18-7-3-2-4-8-18/h2-9,14H,10-13,15-16H2,1H3/p+1. The molecule has 5 nitrogen and oxygen atoms in total. The maximum atomic E-state index is 12.3. The molecule has 0 aromatic heterocycles. The van der Waals surface area contributed by atoms with E-state index in [2.05, 4.69) is 12.1 Å². The molecule has 0 saturated carbocycles. The van der Waals surface area contributed by atoms with Crippen LogP contribution in [-0.4, -0.2) is 50.7 Å². The Morgan fingerprint density at radius 1 is 1.04 bits per heavy atom. The van der Waals surface area contributed by atoms with Crippen molar-refractivity contribution < 1.29 is 19.2 Å². The van der Waals surface area contributed by atoms with Gasteiger partial charge in [0.1, 0.15) is 18.0 Å². The molecule has 132 valence electrons. The Morgan fingerprint density at radius 3 is 2.48 bits per heavy atom. The van der Waals surface area contributed by atoms with Crippen molar-refractivity contribution in [3.05, 3.63) is 60.2 Å². The Balaban J connectivity index is 1.44. The van der Waals surface area contributed by atoms with E-state index in [9.17, 15) is 4.79 Å². The molecule has 1 amide bonds. The number of piperazine rings is 1. The van der Waals surface area contributed by atoms with Crippen molar-refractivity contribution in [3.8, 4) is 11.5 Å². The molecule has 2 aromatic rings. The molecule has 0 spiro atoms. The van der Waals surface area contributed by atoms with Crippen molar-refractivity contribution in [2.75, 3.05) is 39.9 Å². The number of hydrogen-bond donors (Lipinski definition) is 1. The molecule has 1 aliphatic heterocycles. The molecule has 1 heterocycles. The van der Waals surface area contributed by atoms with Gasteiger partial charge in [0.2, 0.25) is 0 Å². The number of nitrogens with one attached hydrogen (secondary N) is 1. The Labute approximate surface area is 148 Å². The van der Waals surface area contributed by atoms with Gasteiger partial charge in [-0.2, -0.15) is 0 Å². The number of quaternary nitrogens is 1. The second-order valence-corrected chi connectivity index (χ2v) is 6.26. The summed E-state index contributed by atoms with van der Waals surface area (Å²) in [6.07, 6.45) is 0. The van der Waals surface area contributed by atoms with E-state index in [4.69, 9.17) is 9.47 Å². The monoisotopic (exact) mass is 341 g/mol. The summed E-state index contributed by atoms with van der Waals surface area (Å²) in [6.45, 7) is 4.52. The minimum Gasteiger partial charge on any atom is -0.497 e. The van der Waals surface area contributed by atoms with Gasteiger partial charge in [-0.3, -0.25) is 4.79 Å². The van der Waals surface area contributed by atoms with E-state index in [1.54, 1.807) is 7.11 Å². The first-order valence-electron chi connectivity index (χ1n) is 8.67. The first-order chi connectivity index (χ1) is 12.2. The fourth-order valence-electron chi connectivity index (χ4n) is 3.07. The van der Waals surface area contributed by atoms with Crippen molar-refractivity contribution >= 4 is 5.91 Å². The number of carbonyl (C=O) groups excluding carboxylic acids is 1. The second-order valence-electron chi connectivity index (χ2n) is 6.26. The van der Waals surface area contributed by atoms with Crippen molar-refractivity contribution in [2.24, 2.45) is 0 Å². The van der Waals surface area contributed by atoms with Crippen LogP contribution in [0.1, 0.15) is 5.56 Å². The highest BCUT2D eigenvalue weighted by molar-refractivity contribution is 5.77. The van der Waals surface area contributed by atoms with Crippen LogP contribution in [0.2, 0.25) is 0 Å². The molecule has 1 fully saturated rings. The van der Waals surface area contributed by atoms with Crippen LogP contribution < -0.4 is 14.4 Å². The van der Waals surface area contributed by atoms with Gasteiger partial charge in [-0.25, -0.2) is 0 Å². The number of rotatable bonds is 6. The first kappa shape index (κ1) is 17.3. The largest absolute Gasteiger partial charge is 0.497 e. The van der Waals surface area contributed by atoms with Crippen LogP contribution >= 0.6 is 0 Å². The Hall–Kier alpha value is -2.53. The zero-order valence-corrected chi connectivity index (χ0v) is 14.6. The van der Waals surface area contributed by atoms with E-state index in [0.717, 1.165) is 44.2 Å². The predicted molar refractivity (Wildman–Crippen MR) is 95.9 cm³/mol. The average Bonchev–Trinajstić information content (AvgIpc) is 2.67. The fourth-order valence-corrected chi connectivity index (χ4v) is 3.07. The molecule has 0 bridgehead atoms. The average molecular weight is 341 g/mol. The summed E-state index contributed by atoms with van der Waals surface area (Å²) in [5.41, 5.74) is 1.27. The van der Waals surface area contributed by atoms with Gasteiger partial charge < -0.3 is 19.3 Å². The van der Waals surface area contributed by atoms with E-state index < -0.39 is 0 Å². The zero-order valence-electron chi connectivity index (χ0n) is 14.6. The Kier molecular flexibility index (Phi) is 5.90. The number of ether oxygens (including phenoxy) is 2. The summed E-state index contributed by atoms with van der Waals surface area (Å²) < 4.78 is 10.8.